The topological polar surface area (TPSA) is 70.8 Å². The summed E-state index contributed by atoms with van der Waals surface area (Å²) < 4.78 is 5.53. The summed E-state index contributed by atoms with van der Waals surface area (Å²) in [6.07, 6.45) is 2.37. The SMILES string of the molecule is CCc1ccc(/C(O)=C2/C(=O)C(=O)N(Cc3cccs3)C2c2ccco2)cc1. The van der Waals surface area contributed by atoms with Crippen molar-refractivity contribution < 1.29 is 19.1 Å². The van der Waals surface area contributed by atoms with Crippen LogP contribution in [0.25, 0.3) is 5.76 Å². The highest BCUT2D eigenvalue weighted by Crippen LogP contribution is 2.40. The smallest absolute Gasteiger partial charge is 0.296 e. The maximum absolute atomic E-state index is 12.8. The number of Topliss-reactive ketones (excluding diaryl/α,β-unsaturated/α-hetero) is 1. The summed E-state index contributed by atoms with van der Waals surface area (Å²) in [7, 11) is 0. The van der Waals surface area contributed by atoms with Crippen molar-refractivity contribution in [2.45, 2.75) is 25.9 Å². The van der Waals surface area contributed by atoms with Crippen molar-refractivity contribution in [1.82, 2.24) is 4.90 Å². The van der Waals surface area contributed by atoms with Gasteiger partial charge in [0.2, 0.25) is 0 Å². The van der Waals surface area contributed by atoms with E-state index in [-0.39, 0.29) is 17.9 Å². The molecule has 2 aromatic heterocycles. The van der Waals surface area contributed by atoms with Crippen molar-refractivity contribution in [3.63, 3.8) is 0 Å². The van der Waals surface area contributed by atoms with Gasteiger partial charge in [0.15, 0.2) is 0 Å². The number of aliphatic hydroxyl groups excluding tert-OH is 1. The molecule has 5 nitrogen and oxygen atoms in total. The Hall–Kier alpha value is -3.12. The average Bonchev–Trinajstić information content (AvgIpc) is 3.46. The number of aryl methyl sites for hydroxylation is 1. The first kappa shape index (κ1) is 18.3. The monoisotopic (exact) mass is 393 g/mol. The molecule has 1 N–H and O–H groups in total. The van der Waals surface area contributed by atoms with Crippen LogP contribution < -0.4 is 0 Å². The molecule has 3 aromatic rings. The molecule has 1 amide bonds. The van der Waals surface area contributed by atoms with Gasteiger partial charge in [0.1, 0.15) is 17.6 Å². The number of ketones is 1. The molecule has 1 fully saturated rings. The van der Waals surface area contributed by atoms with Crippen LogP contribution in [-0.2, 0) is 22.6 Å². The van der Waals surface area contributed by atoms with Crippen LogP contribution >= 0.6 is 11.3 Å². The van der Waals surface area contributed by atoms with Crippen LogP contribution in [0, 0.1) is 0 Å². The zero-order chi connectivity index (χ0) is 19.7. The predicted molar refractivity (Wildman–Crippen MR) is 107 cm³/mol. The predicted octanol–water partition coefficient (Wildman–Crippen LogP) is 4.53. The van der Waals surface area contributed by atoms with E-state index < -0.39 is 17.7 Å². The molecule has 1 aliphatic heterocycles. The number of likely N-dealkylation sites (tertiary alicyclic amines) is 1. The molecular weight excluding hydrogens is 374 g/mol. The van der Waals surface area contributed by atoms with E-state index >= 15 is 0 Å². The summed E-state index contributed by atoms with van der Waals surface area (Å²) in [6.45, 7) is 2.32. The van der Waals surface area contributed by atoms with E-state index in [9.17, 15) is 14.7 Å². The van der Waals surface area contributed by atoms with E-state index in [0.29, 0.717) is 11.3 Å². The standard InChI is InChI=1S/C22H19NO4S/c1-2-14-7-9-15(10-8-14)20(24)18-19(17-6-3-11-27-17)23(22(26)21(18)25)13-16-5-4-12-28-16/h3-12,19,24H,2,13H2,1H3/b20-18-. The lowest BCUT2D eigenvalue weighted by Gasteiger charge is -2.22. The van der Waals surface area contributed by atoms with E-state index in [1.807, 2.05) is 36.6 Å². The second-order valence-electron chi connectivity index (χ2n) is 6.57. The Morgan fingerprint density at radius 1 is 1.14 bits per heavy atom. The van der Waals surface area contributed by atoms with Crippen molar-refractivity contribution in [1.29, 1.82) is 0 Å². The van der Waals surface area contributed by atoms with Gasteiger partial charge in [-0.15, -0.1) is 11.3 Å². The number of nitrogens with zero attached hydrogens (tertiary/aromatic N) is 1. The number of carbonyl (C=O) groups excluding carboxylic acids is 2. The van der Waals surface area contributed by atoms with Crippen LogP contribution in [-0.4, -0.2) is 21.7 Å². The molecule has 142 valence electrons. The van der Waals surface area contributed by atoms with Gasteiger partial charge in [-0.2, -0.15) is 0 Å². The molecule has 3 heterocycles. The Morgan fingerprint density at radius 2 is 1.93 bits per heavy atom. The Bertz CT molecular complexity index is 1020. The van der Waals surface area contributed by atoms with Crippen molar-refractivity contribution in [3.05, 3.63) is 87.5 Å². The van der Waals surface area contributed by atoms with E-state index in [1.54, 1.807) is 24.3 Å². The molecule has 1 saturated heterocycles. The highest BCUT2D eigenvalue weighted by Gasteiger charge is 2.47. The minimum absolute atomic E-state index is 0.0563. The van der Waals surface area contributed by atoms with Gasteiger partial charge >= 0.3 is 0 Å². The van der Waals surface area contributed by atoms with Gasteiger partial charge in [0, 0.05) is 10.4 Å². The lowest BCUT2D eigenvalue weighted by atomic mass is 9.98. The lowest BCUT2D eigenvalue weighted by molar-refractivity contribution is -0.140. The maximum atomic E-state index is 12.8. The van der Waals surface area contributed by atoms with Gasteiger partial charge in [0.05, 0.1) is 18.4 Å². The highest BCUT2D eigenvalue weighted by molar-refractivity contribution is 7.09. The second-order valence-corrected chi connectivity index (χ2v) is 7.60. The third-order valence-electron chi connectivity index (χ3n) is 4.89. The van der Waals surface area contributed by atoms with Gasteiger partial charge < -0.3 is 14.4 Å². The normalized spacial score (nSPS) is 18.8. The van der Waals surface area contributed by atoms with Crippen LogP contribution in [0.1, 0.15) is 34.7 Å². The Labute approximate surface area is 166 Å². The fraction of sp³-hybridized carbons (Fsp3) is 0.182. The molecule has 1 aliphatic rings. The zero-order valence-corrected chi connectivity index (χ0v) is 16.1. The van der Waals surface area contributed by atoms with Crippen LogP contribution in [0.3, 0.4) is 0 Å². The second kappa shape index (κ2) is 7.48. The minimum atomic E-state index is -0.761. The molecule has 1 aromatic carbocycles. The van der Waals surface area contributed by atoms with Crippen molar-refractivity contribution in [2.24, 2.45) is 0 Å². The van der Waals surface area contributed by atoms with Crippen molar-refractivity contribution in [2.75, 3.05) is 0 Å². The first-order valence-electron chi connectivity index (χ1n) is 9.03. The number of amides is 1. The van der Waals surface area contributed by atoms with Gasteiger partial charge in [-0.1, -0.05) is 37.3 Å². The summed E-state index contributed by atoms with van der Waals surface area (Å²) in [4.78, 5) is 28.0. The molecule has 28 heavy (non-hydrogen) atoms. The van der Waals surface area contributed by atoms with Gasteiger partial charge in [-0.25, -0.2) is 0 Å². The first-order valence-corrected chi connectivity index (χ1v) is 9.91. The quantitative estimate of drug-likeness (QED) is 0.393. The molecule has 0 saturated carbocycles. The molecule has 0 aliphatic carbocycles. The molecule has 6 heteroatoms. The summed E-state index contributed by atoms with van der Waals surface area (Å²) in [5.41, 5.74) is 1.68. The Morgan fingerprint density at radius 3 is 2.54 bits per heavy atom. The van der Waals surface area contributed by atoms with E-state index in [1.165, 1.54) is 22.5 Å². The third-order valence-corrected chi connectivity index (χ3v) is 5.76. The summed E-state index contributed by atoms with van der Waals surface area (Å²) in [5.74, 6) is -1.07. The van der Waals surface area contributed by atoms with Crippen LogP contribution in [0.15, 0.2) is 70.2 Å². The average molecular weight is 393 g/mol. The van der Waals surface area contributed by atoms with Gasteiger partial charge in [-0.05, 0) is 35.6 Å². The van der Waals surface area contributed by atoms with Crippen LogP contribution in [0.4, 0.5) is 0 Å². The molecule has 4 rings (SSSR count). The van der Waals surface area contributed by atoms with Crippen LogP contribution in [0.2, 0.25) is 0 Å². The lowest BCUT2D eigenvalue weighted by Crippen LogP contribution is -2.28. The largest absolute Gasteiger partial charge is 0.507 e. The fourth-order valence-corrected chi connectivity index (χ4v) is 4.11. The molecule has 0 bridgehead atoms. The molecule has 0 radical (unpaired) electrons. The number of thiophene rings is 1. The van der Waals surface area contributed by atoms with Crippen molar-refractivity contribution in [3.8, 4) is 0 Å². The summed E-state index contributed by atoms with van der Waals surface area (Å²) in [5, 5.41) is 12.8. The number of hydrogen-bond donors (Lipinski definition) is 1. The highest BCUT2D eigenvalue weighted by atomic mass is 32.1. The van der Waals surface area contributed by atoms with E-state index in [4.69, 9.17) is 4.42 Å². The molecule has 1 unspecified atom stereocenters. The fourth-order valence-electron chi connectivity index (χ4n) is 3.41. The minimum Gasteiger partial charge on any atom is -0.507 e. The number of hydrogen-bond acceptors (Lipinski definition) is 5. The number of aliphatic hydroxyl groups is 1. The van der Waals surface area contributed by atoms with E-state index in [0.717, 1.165) is 16.9 Å². The Kier molecular flexibility index (Phi) is 4.88. The number of rotatable bonds is 5. The van der Waals surface area contributed by atoms with Crippen molar-refractivity contribution >= 4 is 28.8 Å². The molecule has 1 atom stereocenters. The van der Waals surface area contributed by atoms with Gasteiger partial charge in [-0.3, -0.25) is 9.59 Å². The number of carbonyl (C=O) groups is 2. The Balaban J connectivity index is 1.81. The van der Waals surface area contributed by atoms with Crippen LogP contribution in [0.5, 0.6) is 0 Å². The summed E-state index contributed by atoms with van der Waals surface area (Å²) in [6, 6.07) is 13.8. The number of benzene rings is 1. The van der Waals surface area contributed by atoms with Gasteiger partial charge in [0.25, 0.3) is 11.7 Å². The zero-order valence-electron chi connectivity index (χ0n) is 15.3. The van der Waals surface area contributed by atoms with E-state index in [2.05, 4.69) is 0 Å². The summed E-state index contributed by atoms with van der Waals surface area (Å²) >= 11 is 1.51. The molecular formula is C22H19NO4S. The first-order chi connectivity index (χ1) is 13.6. The molecule has 0 spiro atoms. The third kappa shape index (κ3) is 3.16. The maximum Gasteiger partial charge on any atom is 0.296 e. The number of furan rings is 1.